The van der Waals surface area contributed by atoms with Gasteiger partial charge in [0.1, 0.15) is 13.6 Å². The molecule has 15 heavy (non-hydrogen) atoms. The van der Waals surface area contributed by atoms with E-state index in [1.54, 1.807) is 12.3 Å². The van der Waals surface area contributed by atoms with Crippen molar-refractivity contribution in [2.45, 2.75) is 19.6 Å². The molecule has 0 N–H and O–H groups in total. The predicted octanol–water partition coefficient (Wildman–Crippen LogP) is 2.19. The Morgan fingerprint density at radius 2 is 2.07 bits per heavy atom. The number of hydrogen-bond donors (Lipinski definition) is 0. The zero-order valence-electron chi connectivity index (χ0n) is 9.07. The minimum Gasteiger partial charge on any atom is -0.465 e. The van der Waals surface area contributed by atoms with Crippen molar-refractivity contribution in [3.05, 3.63) is 23.9 Å². The first-order chi connectivity index (χ1) is 7.00. The Kier molecular flexibility index (Phi) is 2.23. The summed E-state index contributed by atoms with van der Waals surface area (Å²) < 4.78 is 5.72. The number of aldehydes is 1. The van der Waals surface area contributed by atoms with E-state index in [0.717, 1.165) is 17.2 Å². The van der Waals surface area contributed by atoms with Gasteiger partial charge in [-0.05, 0) is 6.07 Å². The number of fused-ring (bicyclic) bond motifs is 1. The number of aromatic nitrogens is 1. The van der Waals surface area contributed by atoms with Gasteiger partial charge in [-0.25, -0.2) is 0 Å². The van der Waals surface area contributed by atoms with Gasteiger partial charge in [0.25, 0.3) is 0 Å². The third-order valence-corrected chi connectivity index (χ3v) is 3.99. The second kappa shape index (κ2) is 3.31. The van der Waals surface area contributed by atoms with Crippen LogP contribution in [0.25, 0.3) is 11.1 Å². The molecular weight excluding hydrogens is 206 g/mol. The molecule has 2 aromatic rings. The van der Waals surface area contributed by atoms with Crippen molar-refractivity contribution in [2.24, 2.45) is 0 Å². The Balaban J connectivity index is 2.61. The van der Waals surface area contributed by atoms with E-state index in [0.29, 0.717) is 11.1 Å². The molecule has 4 heteroatoms. The molecule has 2 heterocycles. The highest BCUT2D eigenvalue weighted by atomic mass is 28.3. The van der Waals surface area contributed by atoms with Crippen LogP contribution < -0.4 is 5.38 Å². The van der Waals surface area contributed by atoms with Crippen molar-refractivity contribution in [1.29, 1.82) is 0 Å². The highest BCUT2D eigenvalue weighted by Gasteiger charge is 2.21. The molecule has 0 fully saturated rings. The number of nitrogens with zero attached hydrogens (tertiary/aromatic N) is 1. The van der Waals surface area contributed by atoms with Gasteiger partial charge in [-0.15, -0.1) is 0 Å². The Labute approximate surface area is 89.1 Å². The van der Waals surface area contributed by atoms with Crippen LogP contribution in [-0.4, -0.2) is 19.3 Å². The lowest BCUT2D eigenvalue weighted by Gasteiger charge is -2.10. The minimum atomic E-state index is -1.44. The van der Waals surface area contributed by atoms with Crippen molar-refractivity contribution in [1.82, 2.24) is 4.98 Å². The molecule has 3 nitrogen and oxygen atoms in total. The summed E-state index contributed by atoms with van der Waals surface area (Å²) in [6, 6.07) is 3.72. The fourth-order valence-electron chi connectivity index (χ4n) is 1.37. The molecule has 2 rings (SSSR count). The Morgan fingerprint density at radius 1 is 1.33 bits per heavy atom. The van der Waals surface area contributed by atoms with Crippen molar-refractivity contribution < 1.29 is 9.21 Å². The fourth-order valence-corrected chi connectivity index (χ4v) is 2.35. The van der Waals surface area contributed by atoms with Crippen LogP contribution in [0.3, 0.4) is 0 Å². The first-order valence-corrected chi connectivity index (χ1v) is 8.36. The normalized spacial score (nSPS) is 11.9. The maximum Gasteiger partial charge on any atom is 0.152 e. The van der Waals surface area contributed by atoms with E-state index >= 15 is 0 Å². The van der Waals surface area contributed by atoms with Gasteiger partial charge in [-0.3, -0.25) is 9.78 Å². The second-order valence-corrected chi connectivity index (χ2v) is 9.62. The van der Waals surface area contributed by atoms with Crippen LogP contribution in [0.4, 0.5) is 0 Å². The molecule has 0 aliphatic carbocycles. The summed E-state index contributed by atoms with van der Waals surface area (Å²) in [6.45, 7) is 6.64. The number of pyridine rings is 1. The Bertz CT molecular complexity index is 511. The Morgan fingerprint density at radius 3 is 2.67 bits per heavy atom. The van der Waals surface area contributed by atoms with Gasteiger partial charge in [-0.1, -0.05) is 19.6 Å². The van der Waals surface area contributed by atoms with Gasteiger partial charge in [0.05, 0.1) is 5.38 Å². The summed E-state index contributed by atoms with van der Waals surface area (Å²) in [5.41, 5.74) is 2.09. The number of hydrogen-bond acceptors (Lipinski definition) is 3. The highest BCUT2D eigenvalue weighted by molar-refractivity contribution is 6.87. The van der Waals surface area contributed by atoms with E-state index in [1.165, 1.54) is 0 Å². The standard InChI is InChI=1S/C11H13NO2Si/c1-15(2,3)11-5-9-10(14-11)4-8(7-13)6-12-9/h4-7H,1-3H3. The van der Waals surface area contributed by atoms with Gasteiger partial charge in [0.15, 0.2) is 11.9 Å². The zero-order valence-corrected chi connectivity index (χ0v) is 10.1. The molecule has 0 spiro atoms. The summed E-state index contributed by atoms with van der Waals surface area (Å²) in [7, 11) is -1.44. The highest BCUT2D eigenvalue weighted by Crippen LogP contribution is 2.15. The molecule has 0 aliphatic heterocycles. The van der Waals surface area contributed by atoms with E-state index in [9.17, 15) is 4.79 Å². The third kappa shape index (κ3) is 1.85. The molecule has 0 atom stereocenters. The molecule has 0 amide bonds. The van der Waals surface area contributed by atoms with Crippen LogP contribution in [-0.2, 0) is 0 Å². The molecular formula is C11H13NO2Si. The van der Waals surface area contributed by atoms with Crippen LogP contribution >= 0.6 is 0 Å². The molecule has 0 radical (unpaired) electrons. The van der Waals surface area contributed by atoms with E-state index in [-0.39, 0.29) is 0 Å². The molecule has 78 valence electrons. The lowest BCUT2D eigenvalue weighted by Crippen LogP contribution is -2.36. The molecule has 0 aliphatic rings. The number of furan rings is 1. The van der Waals surface area contributed by atoms with Crippen molar-refractivity contribution in [3.8, 4) is 0 Å². The smallest absolute Gasteiger partial charge is 0.152 e. The monoisotopic (exact) mass is 219 g/mol. The van der Waals surface area contributed by atoms with Crippen LogP contribution in [0.5, 0.6) is 0 Å². The SMILES string of the molecule is C[Si](C)(C)c1cc2ncc(C=O)cc2o1. The second-order valence-electron chi connectivity index (χ2n) is 4.63. The maximum atomic E-state index is 10.6. The zero-order chi connectivity index (χ0) is 11.1. The van der Waals surface area contributed by atoms with E-state index in [4.69, 9.17) is 4.42 Å². The predicted molar refractivity (Wildman–Crippen MR) is 62.4 cm³/mol. The van der Waals surface area contributed by atoms with Crippen LogP contribution in [0, 0.1) is 0 Å². The van der Waals surface area contributed by atoms with Crippen molar-refractivity contribution >= 4 is 30.8 Å². The molecule has 0 unspecified atom stereocenters. The maximum absolute atomic E-state index is 10.6. The van der Waals surface area contributed by atoms with E-state index < -0.39 is 8.07 Å². The van der Waals surface area contributed by atoms with Gasteiger partial charge in [0, 0.05) is 17.8 Å². The molecule has 2 aromatic heterocycles. The summed E-state index contributed by atoms with van der Waals surface area (Å²) in [6.07, 6.45) is 2.35. The topological polar surface area (TPSA) is 43.1 Å². The number of rotatable bonds is 2. The lowest BCUT2D eigenvalue weighted by atomic mass is 10.3. The average Bonchev–Trinajstić information content (AvgIpc) is 2.59. The van der Waals surface area contributed by atoms with Gasteiger partial charge in [-0.2, -0.15) is 0 Å². The van der Waals surface area contributed by atoms with Crippen LogP contribution in [0.1, 0.15) is 10.4 Å². The molecule has 0 saturated carbocycles. The minimum absolute atomic E-state index is 0.555. The summed E-state index contributed by atoms with van der Waals surface area (Å²) >= 11 is 0. The van der Waals surface area contributed by atoms with Crippen molar-refractivity contribution in [3.63, 3.8) is 0 Å². The largest absolute Gasteiger partial charge is 0.465 e. The first-order valence-electron chi connectivity index (χ1n) is 4.86. The van der Waals surface area contributed by atoms with Gasteiger partial charge in [0.2, 0.25) is 0 Å². The molecule has 0 bridgehead atoms. The van der Waals surface area contributed by atoms with Gasteiger partial charge < -0.3 is 4.42 Å². The average molecular weight is 219 g/mol. The number of carbonyl (C=O) groups is 1. The lowest BCUT2D eigenvalue weighted by molar-refractivity contribution is 0.112. The van der Waals surface area contributed by atoms with E-state index in [1.807, 2.05) is 6.07 Å². The van der Waals surface area contributed by atoms with Gasteiger partial charge >= 0.3 is 0 Å². The Hall–Kier alpha value is -1.42. The first kappa shape index (κ1) is 10.1. The van der Waals surface area contributed by atoms with Crippen LogP contribution in [0.2, 0.25) is 19.6 Å². The molecule has 0 aromatic carbocycles. The molecule has 0 saturated heterocycles. The summed E-state index contributed by atoms with van der Waals surface area (Å²) in [4.78, 5) is 14.8. The quantitative estimate of drug-likeness (QED) is 0.574. The fraction of sp³-hybridized carbons (Fsp3) is 0.273. The van der Waals surface area contributed by atoms with Crippen LogP contribution in [0.15, 0.2) is 22.7 Å². The number of carbonyl (C=O) groups excluding carboxylic acids is 1. The van der Waals surface area contributed by atoms with E-state index in [2.05, 4.69) is 24.6 Å². The third-order valence-electron chi connectivity index (χ3n) is 2.27. The summed E-state index contributed by atoms with van der Waals surface area (Å²) in [5.74, 6) is 0. The van der Waals surface area contributed by atoms with Crippen molar-refractivity contribution in [2.75, 3.05) is 0 Å². The summed E-state index contributed by atoms with van der Waals surface area (Å²) in [5, 5.41) is 1.02.